The molecule has 2 heterocycles. The number of nitrogens with one attached hydrogen (secondary N) is 1. The minimum absolute atomic E-state index is 0.101. The van der Waals surface area contributed by atoms with Crippen LogP contribution in [0.1, 0.15) is 6.92 Å². The Labute approximate surface area is 173 Å². The number of rotatable bonds is 6. The summed E-state index contributed by atoms with van der Waals surface area (Å²) in [5, 5.41) is 0.729. The lowest BCUT2D eigenvalue weighted by atomic mass is 10.2. The Hall–Kier alpha value is -2.74. The molecule has 1 N–H and O–H groups in total. The van der Waals surface area contributed by atoms with Gasteiger partial charge in [-0.15, -0.1) is 0 Å². The average Bonchev–Trinajstić information content (AvgIpc) is 3.15. The first-order chi connectivity index (χ1) is 14.1. The van der Waals surface area contributed by atoms with Gasteiger partial charge in [0.2, 0.25) is 5.91 Å². The van der Waals surface area contributed by atoms with Gasteiger partial charge < -0.3 is 19.5 Å². The molecule has 0 saturated carbocycles. The summed E-state index contributed by atoms with van der Waals surface area (Å²) in [4.78, 5) is 24.4. The molecule has 2 aromatic carbocycles. The van der Waals surface area contributed by atoms with Crippen LogP contribution in [0.25, 0.3) is 11.0 Å². The molecule has 0 aliphatic carbocycles. The number of carbonyl (C=O) groups is 1. The molecule has 4 rings (SSSR count). The van der Waals surface area contributed by atoms with Gasteiger partial charge in [-0.2, -0.15) is 0 Å². The summed E-state index contributed by atoms with van der Waals surface area (Å²) in [5.41, 5.74) is 2.75. The van der Waals surface area contributed by atoms with Crippen molar-refractivity contribution in [1.82, 2.24) is 14.9 Å². The number of amides is 1. The summed E-state index contributed by atoms with van der Waals surface area (Å²) in [6, 6.07) is 12.2. The van der Waals surface area contributed by atoms with Gasteiger partial charge in [-0.3, -0.25) is 4.79 Å². The van der Waals surface area contributed by atoms with Crippen molar-refractivity contribution in [1.29, 1.82) is 0 Å². The van der Waals surface area contributed by atoms with Crippen molar-refractivity contribution in [2.45, 2.75) is 12.1 Å². The second kappa shape index (κ2) is 8.73. The first kappa shape index (κ1) is 19.6. The molecule has 0 unspecified atom stereocenters. The fraction of sp³-hybridized carbons (Fsp3) is 0.333. The number of ether oxygens (including phenoxy) is 1. The molecule has 1 aromatic heterocycles. The Morgan fingerprint density at radius 2 is 1.93 bits per heavy atom. The lowest BCUT2D eigenvalue weighted by molar-refractivity contribution is -0.128. The van der Waals surface area contributed by atoms with Crippen LogP contribution in [0.15, 0.2) is 47.6 Å². The van der Waals surface area contributed by atoms with Crippen LogP contribution in [0.5, 0.6) is 5.75 Å². The highest BCUT2D eigenvalue weighted by atomic mass is 32.2. The highest BCUT2D eigenvalue weighted by Crippen LogP contribution is 2.24. The number of hydrogen-bond acceptors (Lipinski definition) is 5. The van der Waals surface area contributed by atoms with E-state index >= 15 is 0 Å². The van der Waals surface area contributed by atoms with Crippen LogP contribution >= 0.6 is 11.8 Å². The van der Waals surface area contributed by atoms with Crippen molar-refractivity contribution in [3.63, 3.8) is 0 Å². The molecule has 152 valence electrons. The van der Waals surface area contributed by atoms with E-state index in [0.717, 1.165) is 40.7 Å². The number of anilines is 1. The molecule has 8 heteroatoms. The van der Waals surface area contributed by atoms with Crippen LogP contribution in [-0.2, 0) is 4.79 Å². The van der Waals surface area contributed by atoms with Gasteiger partial charge in [-0.25, -0.2) is 9.37 Å². The molecular weight excluding hydrogens is 391 g/mol. The zero-order chi connectivity index (χ0) is 20.2. The van der Waals surface area contributed by atoms with Crippen molar-refractivity contribution in [3.8, 4) is 5.75 Å². The van der Waals surface area contributed by atoms with Crippen LogP contribution in [0.3, 0.4) is 0 Å². The first-order valence-corrected chi connectivity index (χ1v) is 10.6. The van der Waals surface area contributed by atoms with E-state index in [9.17, 15) is 9.18 Å². The number of nitrogens with zero attached hydrogens (tertiary/aromatic N) is 3. The van der Waals surface area contributed by atoms with Gasteiger partial charge in [0.05, 0.1) is 23.4 Å². The number of fused-ring (bicyclic) bond motifs is 1. The lowest BCUT2D eigenvalue weighted by Gasteiger charge is -2.36. The fourth-order valence-electron chi connectivity index (χ4n) is 3.38. The number of piperazine rings is 1. The van der Waals surface area contributed by atoms with Gasteiger partial charge in [0.15, 0.2) is 5.16 Å². The maximum atomic E-state index is 13.1. The number of halogens is 1. The number of hydrogen-bond donors (Lipinski definition) is 1. The van der Waals surface area contributed by atoms with Gasteiger partial charge >= 0.3 is 0 Å². The third-order valence-corrected chi connectivity index (χ3v) is 5.76. The maximum Gasteiger partial charge on any atom is 0.233 e. The third kappa shape index (κ3) is 4.64. The zero-order valence-electron chi connectivity index (χ0n) is 16.2. The highest BCUT2D eigenvalue weighted by molar-refractivity contribution is 7.99. The van der Waals surface area contributed by atoms with Gasteiger partial charge in [0, 0.05) is 37.9 Å². The summed E-state index contributed by atoms with van der Waals surface area (Å²) >= 11 is 1.41. The summed E-state index contributed by atoms with van der Waals surface area (Å²) in [6.07, 6.45) is 0. The monoisotopic (exact) mass is 414 g/mol. The molecule has 29 heavy (non-hydrogen) atoms. The largest absolute Gasteiger partial charge is 0.494 e. The number of H-pyrrole nitrogens is 1. The van der Waals surface area contributed by atoms with Crippen LogP contribution in [0.4, 0.5) is 10.1 Å². The first-order valence-electron chi connectivity index (χ1n) is 9.66. The van der Waals surface area contributed by atoms with Crippen molar-refractivity contribution in [3.05, 3.63) is 48.3 Å². The molecule has 1 saturated heterocycles. The van der Waals surface area contributed by atoms with Crippen molar-refractivity contribution < 1.29 is 13.9 Å². The standard InChI is InChI=1S/C21H23FN4O2S/c1-2-28-17-7-8-18-19(13-17)24-21(23-18)29-14-20(27)26-11-9-25(10-12-26)16-5-3-15(22)4-6-16/h3-8,13H,2,9-12,14H2,1H3,(H,23,24). The molecule has 1 aliphatic heterocycles. The fourth-order valence-corrected chi connectivity index (χ4v) is 4.17. The van der Waals surface area contributed by atoms with E-state index in [2.05, 4.69) is 14.9 Å². The second-order valence-electron chi connectivity index (χ2n) is 6.79. The van der Waals surface area contributed by atoms with Crippen molar-refractivity contribution in [2.75, 3.05) is 43.4 Å². The molecular formula is C21H23FN4O2S. The summed E-state index contributed by atoms with van der Waals surface area (Å²) in [6.45, 7) is 5.37. The van der Waals surface area contributed by atoms with Gasteiger partial charge in [-0.1, -0.05) is 11.8 Å². The quantitative estimate of drug-likeness (QED) is 0.625. The Kier molecular flexibility index (Phi) is 5.89. The van der Waals surface area contributed by atoms with Gasteiger partial charge in [0.1, 0.15) is 11.6 Å². The maximum absolute atomic E-state index is 13.1. The minimum atomic E-state index is -0.237. The van der Waals surface area contributed by atoms with E-state index in [4.69, 9.17) is 4.74 Å². The van der Waals surface area contributed by atoms with Crippen LogP contribution in [-0.4, -0.2) is 59.3 Å². The second-order valence-corrected chi connectivity index (χ2v) is 7.75. The van der Waals surface area contributed by atoms with E-state index in [0.29, 0.717) is 25.4 Å². The van der Waals surface area contributed by atoms with E-state index in [-0.39, 0.29) is 11.7 Å². The molecule has 0 bridgehead atoms. The summed E-state index contributed by atoms with van der Waals surface area (Å²) < 4.78 is 18.6. The Balaban J connectivity index is 1.30. The Morgan fingerprint density at radius 3 is 2.66 bits per heavy atom. The normalized spacial score (nSPS) is 14.4. The molecule has 6 nitrogen and oxygen atoms in total. The zero-order valence-corrected chi connectivity index (χ0v) is 17.0. The van der Waals surface area contributed by atoms with Crippen molar-refractivity contribution >= 4 is 34.4 Å². The molecule has 1 amide bonds. The molecule has 3 aromatic rings. The van der Waals surface area contributed by atoms with Crippen LogP contribution < -0.4 is 9.64 Å². The van der Waals surface area contributed by atoms with Gasteiger partial charge in [0.25, 0.3) is 0 Å². The number of thioether (sulfide) groups is 1. The number of imidazole rings is 1. The molecule has 1 aliphatic rings. The predicted octanol–water partition coefficient (Wildman–Crippen LogP) is 3.54. The van der Waals surface area contributed by atoms with E-state index in [1.807, 2.05) is 30.0 Å². The molecule has 1 fully saturated rings. The van der Waals surface area contributed by atoms with E-state index in [1.165, 1.54) is 23.9 Å². The minimum Gasteiger partial charge on any atom is -0.494 e. The number of aromatic nitrogens is 2. The number of aromatic amines is 1. The topological polar surface area (TPSA) is 61.5 Å². The Bertz CT molecular complexity index is 984. The Morgan fingerprint density at radius 1 is 1.17 bits per heavy atom. The van der Waals surface area contributed by atoms with Gasteiger partial charge in [-0.05, 0) is 43.3 Å². The van der Waals surface area contributed by atoms with E-state index < -0.39 is 0 Å². The highest BCUT2D eigenvalue weighted by Gasteiger charge is 2.21. The SMILES string of the molecule is CCOc1ccc2nc(SCC(=O)N3CCN(c4ccc(F)cc4)CC3)[nH]c2c1. The summed E-state index contributed by atoms with van der Waals surface area (Å²) in [7, 11) is 0. The molecule has 0 radical (unpaired) electrons. The van der Waals surface area contributed by atoms with Crippen molar-refractivity contribution in [2.24, 2.45) is 0 Å². The number of benzene rings is 2. The lowest BCUT2D eigenvalue weighted by Crippen LogP contribution is -2.49. The van der Waals surface area contributed by atoms with Crippen LogP contribution in [0.2, 0.25) is 0 Å². The summed E-state index contributed by atoms with van der Waals surface area (Å²) in [5.74, 6) is 1.01. The van der Waals surface area contributed by atoms with Crippen LogP contribution in [0, 0.1) is 5.82 Å². The third-order valence-electron chi connectivity index (χ3n) is 4.90. The van der Waals surface area contributed by atoms with E-state index in [1.54, 1.807) is 12.1 Å². The molecule has 0 atom stereocenters. The average molecular weight is 415 g/mol. The predicted molar refractivity (Wildman–Crippen MR) is 113 cm³/mol. The smallest absolute Gasteiger partial charge is 0.233 e. The molecule has 0 spiro atoms. The number of carbonyl (C=O) groups excluding carboxylic acids is 1.